The predicted octanol–water partition coefficient (Wildman–Crippen LogP) is 3.14. The molecule has 112 valence electrons. The maximum atomic E-state index is 5.74. The minimum absolute atomic E-state index is 0.437. The Balaban J connectivity index is 1.77. The van der Waals surface area contributed by atoms with Crippen LogP contribution in [-0.4, -0.2) is 21.9 Å². The van der Waals surface area contributed by atoms with E-state index in [4.69, 9.17) is 10.5 Å². The van der Waals surface area contributed by atoms with E-state index >= 15 is 0 Å². The summed E-state index contributed by atoms with van der Waals surface area (Å²) in [6.07, 6.45) is 2.39. The quantitative estimate of drug-likeness (QED) is 0.793. The van der Waals surface area contributed by atoms with Crippen molar-refractivity contribution in [2.45, 2.75) is 36.3 Å². The van der Waals surface area contributed by atoms with E-state index in [1.54, 1.807) is 18.9 Å². The Labute approximate surface area is 136 Å². The molecule has 1 aliphatic carbocycles. The lowest BCUT2D eigenvalue weighted by molar-refractivity contribution is 0.414. The minimum Gasteiger partial charge on any atom is -0.497 e. The van der Waals surface area contributed by atoms with Crippen LogP contribution in [-0.2, 0) is 12.3 Å². The smallest absolute Gasteiger partial charge is 0.191 e. The summed E-state index contributed by atoms with van der Waals surface area (Å²) in [6.45, 7) is 0.437. The molecule has 3 rings (SSSR count). The second-order valence-electron chi connectivity index (χ2n) is 4.95. The Morgan fingerprint density at radius 3 is 2.90 bits per heavy atom. The van der Waals surface area contributed by atoms with E-state index in [0.29, 0.717) is 12.6 Å². The average molecular weight is 369 g/mol. The maximum Gasteiger partial charge on any atom is 0.191 e. The Morgan fingerprint density at radius 2 is 2.24 bits per heavy atom. The largest absolute Gasteiger partial charge is 0.497 e. The van der Waals surface area contributed by atoms with Gasteiger partial charge < -0.3 is 15.0 Å². The molecule has 1 saturated carbocycles. The first-order chi connectivity index (χ1) is 10.2. The summed E-state index contributed by atoms with van der Waals surface area (Å²) in [6, 6.07) is 6.52. The predicted molar refractivity (Wildman–Crippen MR) is 86.4 cm³/mol. The molecule has 0 radical (unpaired) electrons. The molecular weight excluding hydrogens is 352 g/mol. The van der Waals surface area contributed by atoms with Gasteiger partial charge in [-0.2, -0.15) is 0 Å². The molecule has 0 aliphatic heterocycles. The van der Waals surface area contributed by atoms with Gasteiger partial charge in [0.05, 0.1) is 13.7 Å². The number of rotatable bonds is 6. The number of hydrogen-bond donors (Lipinski definition) is 1. The monoisotopic (exact) mass is 368 g/mol. The summed E-state index contributed by atoms with van der Waals surface area (Å²) in [5, 5.41) is 9.43. The first-order valence-electron chi connectivity index (χ1n) is 6.82. The topological polar surface area (TPSA) is 66.0 Å². The molecule has 0 amide bonds. The number of halogens is 1. The number of ether oxygens (including phenoxy) is 1. The van der Waals surface area contributed by atoms with Crippen LogP contribution in [0.1, 0.15) is 30.3 Å². The standard InChI is InChI=1S/C14H17BrN4OS/c1-20-11-4-5-12(15)9(6-11)8-21-14-18-17-13(7-16)19(14)10-2-3-10/h4-6,10H,2-3,7-8,16H2,1H3. The third-order valence-electron chi connectivity index (χ3n) is 3.44. The third-order valence-corrected chi connectivity index (χ3v) is 5.20. The van der Waals surface area contributed by atoms with Crippen molar-refractivity contribution in [3.05, 3.63) is 34.1 Å². The molecule has 0 unspecified atom stereocenters. The highest BCUT2D eigenvalue weighted by atomic mass is 79.9. The van der Waals surface area contributed by atoms with Crippen molar-refractivity contribution in [1.29, 1.82) is 0 Å². The Morgan fingerprint density at radius 1 is 1.43 bits per heavy atom. The van der Waals surface area contributed by atoms with Crippen molar-refractivity contribution in [1.82, 2.24) is 14.8 Å². The van der Waals surface area contributed by atoms with Crippen LogP contribution in [0.4, 0.5) is 0 Å². The van der Waals surface area contributed by atoms with Crippen molar-refractivity contribution < 1.29 is 4.74 Å². The summed E-state index contributed by atoms with van der Waals surface area (Å²) in [5.41, 5.74) is 6.92. The molecule has 0 spiro atoms. The lowest BCUT2D eigenvalue weighted by Crippen LogP contribution is -2.08. The number of hydrogen-bond acceptors (Lipinski definition) is 5. The van der Waals surface area contributed by atoms with Gasteiger partial charge >= 0.3 is 0 Å². The maximum absolute atomic E-state index is 5.74. The van der Waals surface area contributed by atoms with E-state index in [1.807, 2.05) is 18.2 Å². The Kier molecular flexibility index (Phi) is 4.51. The lowest BCUT2D eigenvalue weighted by Gasteiger charge is -2.09. The zero-order valence-corrected chi connectivity index (χ0v) is 14.2. The lowest BCUT2D eigenvalue weighted by atomic mass is 10.2. The summed E-state index contributed by atoms with van der Waals surface area (Å²) in [4.78, 5) is 0. The highest BCUT2D eigenvalue weighted by Crippen LogP contribution is 2.39. The number of aromatic nitrogens is 3. The Bertz CT molecular complexity index is 642. The summed E-state index contributed by atoms with van der Waals surface area (Å²) in [5.74, 6) is 2.55. The van der Waals surface area contributed by atoms with Gasteiger partial charge in [-0.25, -0.2) is 0 Å². The molecule has 1 aliphatic rings. The van der Waals surface area contributed by atoms with Gasteiger partial charge in [-0.3, -0.25) is 0 Å². The second kappa shape index (κ2) is 6.37. The normalized spacial score (nSPS) is 14.4. The first kappa shape index (κ1) is 14.9. The van der Waals surface area contributed by atoms with E-state index in [-0.39, 0.29) is 0 Å². The van der Waals surface area contributed by atoms with Gasteiger partial charge in [0, 0.05) is 16.3 Å². The fourth-order valence-corrected chi connectivity index (χ4v) is 3.76. The average Bonchev–Trinajstić information content (AvgIpc) is 3.26. The van der Waals surface area contributed by atoms with Crippen LogP contribution in [0.2, 0.25) is 0 Å². The molecule has 0 saturated heterocycles. The molecule has 2 N–H and O–H groups in total. The summed E-state index contributed by atoms with van der Waals surface area (Å²) in [7, 11) is 1.68. The van der Waals surface area contributed by atoms with Crippen molar-refractivity contribution in [2.24, 2.45) is 5.73 Å². The number of nitrogens with zero attached hydrogens (tertiary/aromatic N) is 3. The van der Waals surface area contributed by atoms with Crippen LogP contribution >= 0.6 is 27.7 Å². The van der Waals surface area contributed by atoms with Crippen molar-refractivity contribution in [3.8, 4) is 5.75 Å². The number of nitrogens with two attached hydrogens (primary N) is 1. The van der Waals surface area contributed by atoms with Gasteiger partial charge in [0.2, 0.25) is 0 Å². The van der Waals surface area contributed by atoms with Crippen molar-refractivity contribution >= 4 is 27.7 Å². The molecule has 2 aromatic rings. The highest BCUT2D eigenvalue weighted by Gasteiger charge is 2.29. The van der Waals surface area contributed by atoms with Gasteiger partial charge in [-0.15, -0.1) is 10.2 Å². The van der Waals surface area contributed by atoms with Crippen molar-refractivity contribution in [3.63, 3.8) is 0 Å². The molecule has 1 fully saturated rings. The van der Waals surface area contributed by atoms with Crippen LogP contribution in [0.5, 0.6) is 5.75 Å². The molecule has 1 aromatic carbocycles. The van der Waals surface area contributed by atoms with Gasteiger partial charge in [-0.05, 0) is 36.6 Å². The number of methoxy groups -OCH3 is 1. The summed E-state index contributed by atoms with van der Waals surface area (Å²) < 4.78 is 8.54. The van der Waals surface area contributed by atoms with Crippen LogP contribution in [0.25, 0.3) is 0 Å². The number of thioether (sulfide) groups is 1. The van der Waals surface area contributed by atoms with Crippen LogP contribution in [0, 0.1) is 0 Å². The van der Waals surface area contributed by atoms with E-state index in [1.165, 1.54) is 18.4 Å². The molecular formula is C14H17BrN4OS. The molecule has 5 nitrogen and oxygen atoms in total. The summed E-state index contributed by atoms with van der Waals surface area (Å²) >= 11 is 5.27. The second-order valence-corrected chi connectivity index (χ2v) is 6.75. The fraction of sp³-hybridized carbons (Fsp3) is 0.429. The number of benzene rings is 1. The van der Waals surface area contributed by atoms with E-state index in [0.717, 1.165) is 27.0 Å². The van der Waals surface area contributed by atoms with Gasteiger partial charge in [0.1, 0.15) is 11.6 Å². The van der Waals surface area contributed by atoms with Gasteiger partial charge in [-0.1, -0.05) is 27.7 Å². The highest BCUT2D eigenvalue weighted by molar-refractivity contribution is 9.10. The first-order valence-corrected chi connectivity index (χ1v) is 8.60. The molecule has 7 heteroatoms. The molecule has 0 atom stereocenters. The van der Waals surface area contributed by atoms with Gasteiger partial charge in [0.25, 0.3) is 0 Å². The van der Waals surface area contributed by atoms with E-state index in [9.17, 15) is 0 Å². The van der Waals surface area contributed by atoms with Gasteiger partial charge in [0.15, 0.2) is 5.16 Å². The Hall–Kier alpha value is -1.05. The fourth-order valence-electron chi connectivity index (χ4n) is 2.18. The molecule has 21 heavy (non-hydrogen) atoms. The SMILES string of the molecule is COc1ccc(Br)c(CSc2nnc(CN)n2C2CC2)c1. The third kappa shape index (κ3) is 3.25. The molecule has 1 heterocycles. The molecule has 1 aromatic heterocycles. The van der Waals surface area contributed by atoms with Crippen LogP contribution in [0.15, 0.2) is 27.8 Å². The zero-order chi connectivity index (χ0) is 14.8. The van der Waals surface area contributed by atoms with Crippen LogP contribution in [0.3, 0.4) is 0 Å². The minimum atomic E-state index is 0.437. The zero-order valence-electron chi connectivity index (χ0n) is 11.8. The van der Waals surface area contributed by atoms with Crippen LogP contribution < -0.4 is 10.5 Å². The van der Waals surface area contributed by atoms with Crippen molar-refractivity contribution in [2.75, 3.05) is 7.11 Å². The van der Waals surface area contributed by atoms with E-state index in [2.05, 4.69) is 30.7 Å². The molecule has 0 bridgehead atoms. The van der Waals surface area contributed by atoms with E-state index < -0.39 is 0 Å².